The van der Waals surface area contributed by atoms with Gasteiger partial charge in [0.05, 0.1) is 23.3 Å². The zero-order valence-corrected chi connectivity index (χ0v) is 11.3. The zero-order valence-electron chi connectivity index (χ0n) is 11.3. The highest BCUT2D eigenvalue weighted by atomic mass is 19.4. The molecular weight excluding hydrogens is 300 g/mol. The second kappa shape index (κ2) is 5.84. The molecule has 0 aliphatic rings. The van der Waals surface area contributed by atoms with Gasteiger partial charge in [-0.05, 0) is 29.7 Å². The minimum Gasteiger partial charge on any atom is -0.391 e. The molecule has 120 valence electrons. The van der Waals surface area contributed by atoms with Crippen LogP contribution in [0.2, 0.25) is 0 Å². The van der Waals surface area contributed by atoms with Crippen molar-refractivity contribution in [2.24, 2.45) is 11.7 Å². The van der Waals surface area contributed by atoms with Crippen LogP contribution in [0.1, 0.15) is 36.6 Å². The Kier molecular flexibility index (Phi) is 4.94. The molecule has 0 unspecified atom stereocenters. The van der Waals surface area contributed by atoms with Crippen molar-refractivity contribution in [1.29, 1.82) is 0 Å². The van der Waals surface area contributed by atoms with Crippen molar-refractivity contribution in [2.45, 2.75) is 38.3 Å². The average molecular weight is 315 g/mol. The van der Waals surface area contributed by atoms with Crippen molar-refractivity contribution in [2.75, 3.05) is 0 Å². The van der Waals surface area contributed by atoms with Crippen LogP contribution >= 0.6 is 0 Å². The van der Waals surface area contributed by atoms with Gasteiger partial charge in [-0.2, -0.15) is 26.3 Å². The van der Waals surface area contributed by atoms with Gasteiger partial charge in [0.1, 0.15) is 0 Å². The zero-order chi connectivity index (χ0) is 16.6. The lowest BCUT2D eigenvalue weighted by Crippen LogP contribution is -2.32. The fourth-order valence-electron chi connectivity index (χ4n) is 1.87. The maximum atomic E-state index is 12.9. The molecule has 0 radical (unpaired) electrons. The van der Waals surface area contributed by atoms with Crippen LogP contribution in [0.3, 0.4) is 0 Å². The number of benzene rings is 1. The Bertz CT molecular complexity index is 494. The van der Waals surface area contributed by atoms with E-state index in [1.807, 2.05) is 0 Å². The molecule has 1 aromatic rings. The highest BCUT2D eigenvalue weighted by molar-refractivity contribution is 5.38. The predicted molar refractivity (Wildman–Crippen MR) is 64.2 cm³/mol. The minimum absolute atomic E-state index is 0.338. The van der Waals surface area contributed by atoms with E-state index in [4.69, 9.17) is 5.73 Å². The van der Waals surface area contributed by atoms with Gasteiger partial charge in [-0.3, -0.25) is 0 Å². The number of aliphatic hydroxyl groups is 1. The summed E-state index contributed by atoms with van der Waals surface area (Å²) >= 11 is 0. The van der Waals surface area contributed by atoms with Crippen LogP contribution in [0.15, 0.2) is 18.2 Å². The second-order valence-electron chi connectivity index (χ2n) is 5.06. The largest absolute Gasteiger partial charge is 0.416 e. The Labute approximate surface area is 117 Å². The topological polar surface area (TPSA) is 46.2 Å². The first-order chi connectivity index (χ1) is 9.35. The molecule has 1 rings (SSSR count). The second-order valence-corrected chi connectivity index (χ2v) is 5.06. The summed E-state index contributed by atoms with van der Waals surface area (Å²) in [6.07, 6.45) is -11.0. The molecule has 0 saturated heterocycles. The quantitative estimate of drug-likeness (QED) is 0.835. The van der Waals surface area contributed by atoms with Crippen LogP contribution in [0, 0.1) is 5.92 Å². The van der Waals surface area contributed by atoms with E-state index in [1.165, 1.54) is 13.8 Å². The number of nitrogens with two attached hydrogens (primary N) is 1. The SMILES string of the molecule is CC(C)[C@@H](O)[C@@H](N)c1cc(C(F)(F)F)ccc1C(F)(F)F. The average Bonchev–Trinajstić information content (AvgIpc) is 2.34. The number of aliphatic hydroxyl groups excluding tert-OH is 1. The summed E-state index contributed by atoms with van der Waals surface area (Å²) in [5.74, 6) is -0.504. The van der Waals surface area contributed by atoms with E-state index in [0.29, 0.717) is 18.2 Å². The van der Waals surface area contributed by atoms with Gasteiger partial charge >= 0.3 is 12.4 Å². The van der Waals surface area contributed by atoms with Gasteiger partial charge in [-0.1, -0.05) is 13.8 Å². The lowest BCUT2D eigenvalue weighted by Gasteiger charge is -2.26. The van der Waals surface area contributed by atoms with Crippen molar-refractivity contribution in [3.8, 4) is 0 Å². The number of hydrogen-bond acceptors (Lipinski definition) is 2. The fourth-order valence-corrected chi connectivity index (χ4v) is 1.87. The summed E-state index contributed by atoms with van der Waals surface area (Å²) in [4.78, 5) is 0. The van der Waals surface area contributed by atoms with Gasteiger partial charge in [0.25, 0.3) is 0 Å². The van der Waals surface area contributed by atoms with E-state index >= 15 is 0 Å². The number of rotatable bonds is 3. The molecular formula is C13H15F6NO. The molecule has 1 aromatic carbocycles. The minimum atomic E-state index is -4.85. The molecule has 0 spiro atoms. The lowest BCUT2D eigenvalue weighted by molar-refractivity contribution is -0.142. The predicted octanol–water partition coefficient (Wildman–Crippen LogP) is 3.74. The highest BCUT2D eigenvalue weighted by Crippen LogP contribution is 2.39. The third-order valence-corrected chi connectivity index (χ3v) is 3.09. The van der Waals surface area contributed by atoms with E-state index in [2.05, 4.69) is 0 Å². The summed E-state index contributed by atoms with van der Waals surface area (Å²) < 4.78 is 76.6. The van der Waals surface area contributed by atoms with Gasteiger partial charge in [-0.25, -0.2) is 0 Å². The third-order valence-electron chi connectivity index (χ3n) is 3.09. The van der Waals surface area contributed by atoms with E-state index in [1.54, 1.807) is 0 Å². The van der Waals surface area contributed by atoms with Crippen LogP contribution < -0.4 is 5.73 Å². The van der Waals surface area contributed by atoms with Crippen molar-refractivity contribution in [3.05, 3.63) is 34.9 Å². The van der Waals surface area contributed by atoms with E-state index < -0.39 is 47.1 Å². The number of halogens is 6. The normalized spacial score (nSPS) is 16.1. The van der Waals surface area contributed by atoms with Gasteiger partial charge in [-0.15, -0.1) is 0 Å². The van der Waals surface area contributed by atoms with Gasteiger partial charge < -0.3 is 10.8 Å². The molecule has 2 nitrogen and oxygen atoms in total. The Morgan fingerprint density at radius 3 is 1.90 bits per heavy atom. The monoisotopic (exact) mass is 315 g/mol. The van der Waals surface area contributed by atoms with Crippen molar-refractivity contribution >= 4 is 0 Å². The molecule has 0 fully saturated rings. The summed E-state index contributed by atoms with van der Waals surface area (Å²) in [5, 5.41) is 9.76. The number of alkyl halides is 6. The molecule has 0 amide bonds. The van der Waals surface area contributed by atoms with Crippen molar-refractivity contribution < 1.29 is 31.4 Å². The highest BCUT2D eigenvalue weighted by Gasteiger charge is 2.39. The van der Waals surface area contributed by atoms with Gasteiger partial charge in [0, 0.05) is 0 Å². The smallest absolute Gasteiger partial charge is 0.391 e. The van der Waals surface area contributed by atoms with Crippen LogP contribution in [0.5, 0.6) is 0 Å². The van der Waals surface area contributed by atoms with Crippen LogP contribution in [0.4, 0.5) is 26.3 Å². The lowest BCUT2D eigenvalue weighted by atomic mass is 9.90. The van der Waals surface area contributed by atoms with E-state index in [9.17, 15) is 31.4 Å². The molecule has 0 aromatic heterocycles. The third kappa shape index (κ3) is 4.10. The van der Waals surface area contributed by atoms with Crippen LogP contribution in [0.25, 0.3) is 0 Å². The van der Waals surface area contributed by atoms with Gasteiger partial charge in [0.15, 0.2) is 0 Å². The number of hydrogen-bond donors (Lipinski definition) is 2. The first kappa shape index (κ1) is 17.8. The van der Waals surface area contributed by atoms with Crippen molar-refractivity contribution in [3.63, 3.8) is 0 Å². The first-order valence-electron chi connectivity index (χ1n) is 6.07. The Morgan fingerprint density at radius 1 is 1.00 bits per heavy atom. The maximum absolute atomic E-state index is 12.9. The maximum Gasteiger partial charge on any atom is 0.416 e. The molecule has 0 bridgehead atoms. The molecule has 0 saturated carbocycles. The fraction of sp³-hybridized carbons (Fsp3) is 0.538. The summed E-state index contributed by atoms with van der Waals surface area (Å²) in [7, 11) is 0. The molecule has 8 heteroatoms. The molecule has 0 heterocycles. The van der Waals surface area contributed by atoms with Crippen LogP contribution in [-0.2, 0) is 12.4 Å². The van der Waals surface area contributed by atoms with Crippen molar-refractivity contribution in [1.82, 2.24) is 0 Å². The summed E-state index contributed by atoms with van der Waals surface area (Å²) in [5.41, 5.74) is 2.25. The molecule has 0 aliphatic carbocycles. The van der Waals surface area contributed by atoms with E-state index in [-0.39, 0.29) is 0 Å². The molecule has 2 atom stereocenters. The Balaban J connectivity index is 3.43. The van der Waals surface area contributed by atoms with E-state index in [0.717, 1.165) is 0 Å². The molecule has 3 N–H and O–H groups in total. The molecule has 0 aliphatic heterocycles. The Morgan fingerprint density at radius 2 is 1.52 bits per heavy atom. The van der Waals surface area contributed by atoms with Crippen LogP contribution in [-0.4, -0.2) is 11.2 Å². The first-order valence-corrected chi connectivity index (χ1v) is 6.07. The molecule has 21 heavy (non-hydrogen) atoms. The van der Waals surface area contributed by atoms with Gasteiger partial charge in [0.2, 0.25) is 0 Å². The summed E-state index contributed by atoms with van der Waals surface area (Å²) in [6, 6.07) is -0.533. The Hall–Kier alpha value is -1.28. The standard InChI is InChI=1S/C13H15F6NO/c1-6(2)11(21)10(20)8-5-7(12(14,15)16)3-4-9(8)13(17,18)19/h3-6,10-11,21H,20H2,1-2H3/t10-,11+/m0/s1. The summed E-state index contributed by atoms with van der Waals surface area (Å²) in [6.45, 7) is 3.01.